The Morgan fingerprint density at radius 3 is 2.77 bits per heavy atom. The summed E-state index contributed by atoms with van der Waals surface area (Å²) >= 11 is 0. The summed E-state index contributed by atoms with van der Waals surface area (Å²) in [5, 5.41) is 0. The Kier molecular flexibility index (Phi) is 4.71. The van der Waals surface area contributed by atoms with Gasteiger partial charge in [-0.3, -0.25) is 4.79 Å². The third kappa shape index (κ3) is 2.93. The first kappa shape index (κ1) is 18.5. The largest absolute Gasteiger partial charge is 0.462 e. The van der Waals surface area contributed by atoms with Crippen LogP contribution in [0.5, 0.6) is 0 Å². The van der Waals surface area contributed by atoms with E-state index >= 15 is 0 Å². The molecule has 2 saturated heterocycles. The molecule has 0 N–H and O–H groups in total. The van der Waals surface area contributed by atoms with E-state index in [1.807, 2.05) is 0 Å². The minimum absolute atomic E-state index is 0.0365. The molecule has 0 amide bonds. The number of carbonyl (C=O) groups is 1. The van der Waals surface area contributed by atoms with Gasteiger partial charge >= 0.3 is 5.97 Å². The van der Waals surface area contributed by atoms with Crippen LogP contribution in [0.15, 0.2) is 11.6 Å². The average Bonchev–Trinajstić information content (AvgIpc) is 2.92. The van der Waals surface area contributed by atoms with Gasteiger partial charge in [0.15, 0.2) is 0 Å². The summed E-state index contributed by atoms with van der Waals surface area (Å²) in [7, 11) is 0. The molecule has 1 saturated carbocycles. The van der Waals surface area contributed by atoms with Crippen LogP contribution in [0.1, 0.15) is 60.3 Å². The van der Waals surface area contributed by atoms with Gasteiger partial charge in [0.25, 0.3) is 0 Å². The molecule has 3 fully saturated rings. The van der Waals surface area contributed by atoms with E-state index in [2.05, 4.69) is 33.8 Å². The van der Waals surface area contributed by atoms with E-state index in [9.17, 15) is 4.79 Å². The third-order valence-corrected chi connectivity index (χ3v) is 7.59. The molecule has 3 aliphatic heterocycles. The lowest BCUT2D eigenvalue weighted by Gasteiger charge is -2.46. The normalized spacial score (nSPS) is 52.7. The van der Waals surface area contributed by atoms with Crippen LogP contribution >= 0.6 is 0 Å². The van der Waals surface area contributed by atoms with Crippen molar-refractivity contribution >= 4 is 5.97 Å². The Labute approximate surface area is 157 Å². The van der Waals surface area contributed by atoms with Crippen LogP contribution < -0.4 is 0 Å². The molecular weight excluding hydrogens is 328 g/mol. The van der Waals surface area contributed by atoms with Crippen LogP contribution in [0.2, 0.25) is 0 Å². The van der Waals surface area contributed by atoms with Crippen LogP contribution in [0.3, 0.4) is 0 Å². The highest BCUT2D eigenvalue weighted by atomic mass is 16.6. The fourth-order valence-corrected chi connectivity index (χ4v) is 6.34. The number of allylic oxidation sites excluding steroid dienone is 1. The van der Waals surface area contributed by atoms with E-state index in [0.717, 1.165) is 32.3 Å². The predicted molar refractivity (Wildman–Crippen MR) is 99.6 cm³/mol. The van der Waals surface area contributed by atoms with Crippen molar-refractivity contribution in [2.75, 3.05) is 6.61 Å². The summed E-state index contributed by atoms with van der Waals surface area (Å²) < 4.78 is 19.2. The first-order chi connectivity index (χ1) is 12.3. The lowest BCUT2D eigenvalue weighted by molar-refractivity contribution is -0.160. The van der Waals surface area contributed by atoms with Crippen LogP contribution in [0.4, 0.5) is 0 Å². The zero-order valence-electron chi connectivity index (χ0n) is 16.9. The maximum Gasteiger partial charge on any atom is 0.302 e. The Morgan fingerprint density at radius 1 is 1.27 bits per heavy atom. The lowest BCUT2D eigenvalue weighted by Crippen LogP contribution is -2.51. The van der Waals surface area contributed by atoms with E-state index in [1.54, 1.807) is 6.92 Å². The van der Waals surface area contributed by atoms with Gasteiger partial charge in [-0.2, -0.15) is 0 Å². The zero-order chi connectivity index (χ0) is 18.6. The Morgan fingerprint density at radius 2 is 2.04 bits per heavy atom. The highest BCUT2D eigenvalue weighted by Gasteiger charge is 2.62. The van der Waals surface area contributed by atoms with E-state index in [-0.39, 0.29) is 35.8 Å². The highest BCUT2D eigenvalue weighted by molar-refractivity contribution is 5.66. The number of carbonyl (C=O) groups excluding carboxylic acids is 1. The summed E-state index contributed by atoms with van der Waals surface area (Å²) in [4.78, 5) is 11.8. The number of ether oxygens (including phenoxy) is 3. The number of fused-ring (bicyclic) bond motifs is 2. The minimum atomic E-state index is -0.247. The standard InChI is InChI=1S/C22H34O4/c1-12-7-6-8-22(5)21-18-16(14(3)11-24-22)10-13(2)20(25-15(4)23)19(18)17(9-12)26-21/h7,13-14,16-21H,6,8-11H2,1-5H3/b12-7-/t13-,14+,16+,17+,18+,19+,20-,21+,22+/m1/s1. The first-order valence-electron chi connectivity index (χ1n) is 10.4. The second-order valence-electron chi connectivity index (χ2n) is 9.59. The van der Waals surface area contributed by atoms with Gasteiger partial charge in [-0.15, -0.1) is 0 Å². The molecular formula is C22H34O4. The maximum absolute atomic E-state index is 11.8. The molecule has 2 bridgehead atoms. The smallest absolute Gasteiger partial charge is 0.302 e. The fourth-order valence-electron chi connectivity index (χ4n) is 6.34. The van der Waals surface area contributed by atoms with Crippen molar-refractivity contribution in [1.29, 1.82) is 0 Å². The molecule has 146 valence electrons. The maximum atomic E-state index is 11.8. The SMILES string of the molecule is CC(=O)O[C@H]1[C@@H]2[C@@H]3[C@@H](C[C@H]1C)[C@@H](C)CO[C@@]1(C)CC/C=C(/C)C[C@@H]2O[C@@H]31. The second-order valence-corrected chi connectivity index (χ2v) is 9.59. The molecule has 0 unspecified atom stereocenters. The van der Waals surface area contributed by atoms with Crippen molar-refractivity contribution in [2.45, 2.75) is 84.2 Å². The molecule has 4 nitrogen and oxygen atoms in total. The number of hydrogen-bond donors (Lipinski definition) is 0. The van der Waals surface area contributed by atoms with E-state index < -0.39 is 0 Å². The quantitative estimate of drug-likeness (QED) is 0.520. The van der Waals surface area contributed by atoms with Crippen molar-refractivity contribution in [3.05, 3.63) is 11.6 Å². The Balaban J connectivity index is 1.79. The van der Waals surface area contributed by atoms with Gasteiger partial charge in [-0.05, 0) is 63.2 Å². The van der Waals surface area contributed by atoms with Gasteiger partial charge in [0.2, 0.25) is 0 Å². The van der Waals surface area contributed by atoms with Crippen molar-refractivity contribution in [3.8, 4) is 0 Å². The molecule has 0 aromatic carbocycles. The monoisotopic (exact) mass is 362 g/mol. The minimum Gasteiger partial charge on any atom is -0.462 e. The van der Waals surface area contributed by atoms with Gasteiger partial charge in [-0.25, -0.2) is 0 Å². The molecule has 0 aromatic heterocycles. The number of hydrogen-bond acceptors (Lipinski definition) is 4. The number of rotatable bonds is 1. The predicted octanol–water partition coefficient (Wildman–Crippen LogP) is 4.13. The third-order valence-electron chi connectivity index (χ3n) is 7.59. The van der Waals surface area contributed by atoms with Gasteiger partial charge in [0.1, 0.15) is 6.10 Å². The molecule has 4 heteroatoms. The van der Waals surface area contributed by atoms with E-state index in [4.69, 9.17) is 14.2 Å². The Hall–Kier alpha value is -0.870. The molecule has 26 heavy (non-hydrogen) atoms. The van der Waals surface area contributed by atoms with Gasteiger partial charge in [0, 0.05) is 12.8 Å². The summed E-state index contributed by atoms with van der Waals surface area (Å²) in [6.45, 7) is 11.4. The second kappa shape index (κ2) is 6.63. The molecule has 0 aromatic rings. The van der Waals surface area contributed by atoms with E-state index in [1.165, 1.54) is 5.57 Å². The topological polar surface area (TPSA) is 44.8 Å². The Bertz CT molecular complexity index is 599. The lowest BCUT2D eigenvalue weighted by atomic mass is 9.59. The van der Waals surface area contributed by atoms with Crippen molar-refractivity contribution in [2.24, 2.45) is 29.6 Å². The van der Waals surface area contributed by atoms with Crippen LogP contribution in [0.25, 0.3) is 0 Å². The van der Waals surface area contributed by atoms with Gasteiger partial charge in [-0.1, -0.05) is 25.5 Å². The van der Waals surface area contributed by atoms with Crippen molar-refractivity contribution < 1.29 is 19.0 Å². The summed E-state index contributed by atoms with van der Waals surface area (Å²) in [6.07, 6.45) is 6.64. The van der Waals surface area contributed by atoms with Crippen LogP contribution in [-0.2, 0) is 19.0 Å². The molecule has 0 spiro atoms. The summed E-state index contributed by atoms with van der Waals surface area (Å²) in [6, 6.07) is 0. The molecule has 1 aliphatic carbocycles. The van der Waals surface area contributed by atoms with Crippen LogP contribution in [0, 0.1) is 29.6 Å². The highest BCUT2D eigenvalue weighted by Crippen LogP contribution is 2.57. The molecule has 9 atom stereocenters. The van der Waals surface area contributed by atoms with Crippen molar-refractivity contribution in [1.82, 2.24) is 0 Å². The molecule has 0 radical (unpaired) electrons. The molecule has 4 aliphatic rings. The number of esters is 1. The summed E-state index contributed by atoms with van der Waals surface area (Å²) in [5.41, 5.74) is 1.14. The first-order valence-corrected chi connectivity index (χ1v) is 10.4. The zero-order valence-corrected chi connectivity index (χ0v) is 16.9. The van der Waals surface area contributed by atoms with Crippen LogP contribution in [-0.4, -0.2) is 36.5 Å². The summed E-state index contributed by atoms with van der Waals surface area (Å²) in [5.74, 6) is 2.01. The van der Waals surface area contributed by atoms with Gasteiger partial charge < -0.3 is 14.2 Å². The molecule has 4 rings (SSSR count). The molecule has 3 heterocycles. The van der Waals surface area contributed by atoms with E-state index in [0.29, 0.717) is 23.7 Å². The van der Waals surface area contributed by atoms with Crippen molar-refractivity contribution in [3.63, 3.8) is 0 Å². The fraction of sp³-hybridized carbons (Fsp3) is 0.864. The average molecular weight is 363 g/mol. The van der Waals surface area contributed by atoms with Gasteiger partial charge in [0.05, 0.1) is 24.4 Å².